The lowest BCUT2D eigenvalue weighted by atomic mass is 9.60. The van der Waals surface area contributed by atoms with Crippen molar-refractivity contribution in [1.29, 1.82) is 0 Å². The zero-order chi connectivity index (χ0) is 22.1. The normalized spacial score (nSPS) is 43.9. The lowest BCUT2D eigenvalue weighted by Gasteiger charge is -2.44. The molecule has 0 radical (unpaired) electrons. The molecule has 3 aliphatic rings. The zero-order valence-electron chi connectivity index (χ0n) is 20.7. The van der Waals surface area contributed by atoms with Crippen LogP contribution in [0.3, 0.4) is 0 Å². The lowest BCUT2D eigenvalue weighted by Crippen LogP contribution is -2.36. The molecule has 1 heteroatoms. The lowest BCUT2D eigenvalue weighted by molar-refractivity contribution is 0.0929. The molecule has 0 aromatic rings. The molecule has 0 aromatic carbocycles. The topological polar surface area (TPSA) is 20.2 Å². The second-order valence-corrected chi connectivity index (χ2v) is 10.5. The van der Waals surface area contributed by atoms with Crippen molar-refractivity contribution >= 4 is 0 Å². The van der Waals surface area contributed by atoms with E-state index in [4.69, 9.17) is 2.74 Å². The van der Waals surface area contributed by atoms with Gasteiger partial charge in [-0.15, -0.1) is 0 Å². The van der Waals surface area contributed by atoms with Crippen LogP contribution in [0.25, 0.3) is 0 Å². The summed E-state index contributed by atoms with van der Waals surface area (Å²) >= 11 is 0. The Morgan fingerprint density at radius 2 is 2.07 bits per heavy atom. The highest BCUT2D eigenvalue weighted by molar-refractivity contribution is 5.36. The Hall–Kier alpha value is -0.820. The van der Waals surface area contributed by atoms with E-state index in [0.717, 1.165) is 43.6 Å². The smallest absolute Gasteiger partial charge is 0.0583 e. The predicted octanol–water partition coefficient (Wildman–Crippen LogP) is 7.62. The molecule has 0 aromatic heterocycles. The average Bonchev–Trinajstić information content (AvgIpc) is 2.91. The fourth-order valence-corrected chi connectivity index (χ4v) is 6.09. The number of hydrogen-bond acceptors (Lipinski definition) is 1. The monoisotopic (exact) mass is 387 g/mol. The summed E-state index contributed by atoms with van der Waals surface area (Å²) in [6.07, 6.45) is 13.0. The Balaban J connectivity index is 1.80. The maximum atomic E-state index is 10.0. The number of hydrogen-bond donors (Lipinski definition) is 1. The van der Waals surface area contributed by atoms with E-state index in [0.29, 0.717) is 24.2 Å². The molecule has 7 atom stereocenters. The van der Waals surface area contributed by atoms with Gasteiger partial charge in [-0.3, -0.25) is 0 Å². The van der Waals surface area contributed by atoms with E-state index < -0.39 is 0 Å². The molecule has 3 rings (SSSR count). The summed E-state index contributed by atoms with van der Waals surface area (Å²) in [6, 6.07) is 0. The van der Waals surface area contributed by atoms with Gasteiger partial charge in [0.25, 0.3) is 0 Å². The molecule has 3 fully saturated rings. The number of aliphatic hydroxyl groups is 1. The number of aliphatic hydroxyl groups excluding tert-OH is 1. The van der Waals surface area contributed by atoms with E-state index in [1.54, 1.807) is 0 Å². The van der Waals surface area contributed by atoms with Gasteiger partial charge >= 0.3 is 0 Å². The molecule has 1 nitrogen and oxygen atoms in total. The molecule has 3 aliphatic carbocycles. The van der Waals surface area contributed by atoms with E-state index in [-0.39, 0.29) is 24.3 Å². The summed E-state index contributed by atoms with van der Waals surface area (Å²) in [5.41, 5.74) is 3.77. The number of allylic oxidation sites excluding steroid dienone is 4. The van der Waals surface area contributed by atoms with Crippen LogP contribution in [0.2, 0.25) is 0 Å². The molecule has 0 heterocycles. The van der Waals surface area contributed by atoms with Gasteiger partial charge in [-0.25, -0.2) is 0 Å². The van der Waals surface area contributed by atoms with Crippen molar-refractivity contribution in [3.63, 3.8) is 0 Å². The molecule has 2 unspecified atom stereocenters. The highest BCUT2D eigenvalue weighted by Crippen LogP contribution is 2.59. The molecule has 158 valence electrons. The maximum Gasteiger partial charge on any atom is 0.0583 e. The van der Waals surface area contributed by atoms with E-state index in [2.05, 4.69) is 46.4 Å². The summed E-state index contributed by atoms with van der Waals surface area (Å²) in [5, 5.41) is 10.0. The van der Waals surface area contributed by atoms with Crippen LogP contribution in [-0.4, -0.2) is 11.2 Å². The van der Waals surface area contributed by atoms with Crippen molar-refractivity contribution in [2.45, 2.75) is 104 Å². The minimum Gasteiger partial charge on any atom is -0.393 e. The second-order valence-electron chi connectivity index (χ2n) is 10.5. The van der Waals surface area contributed by atoms with E-state index in [9.17, 15) is 5.11 Å². The summed E-state index contributed by atoms with van der Waals surface area (Å²) in [6.45, 7) is 13.5. The molecule has 3 saturated carbocycles. The van der Waals surface area contributed by atoms with Gasteiger partial charge < -0.3 is 5.11 Å². The van der Waals surface area contributed by atoms with E-state index in [1.807, 2.05) is 0 Å². The first-order chi connectivity index (χ1) is 14.1. The average molecular weight is 388 g/mol. The Morgan fingerprint density at radius 1 is 1.29 bits per heavy atom. The Labute approximate surface area is 177 Å². The van der Waals surface area contributed by atoms with Gasteiger partial charge in [0.15, 0.2) is 0 Å². The summed E-state index contributed by atoms with van der Waals surface area (Å²) < 4.78 is 17.6. The summed E-state index contributed by atoms with van der Waals surface area (Å²) in [7, 11) is 0. The predicted molar refractivity (Wildman–Crippen MR) is 121 cm³/mol. The Bertz CT molecular complexity index is 678. The second kappa shape index (κ2) is 9.33. The Kier molecular flexibility index (Phi) is 6.38. The van der Waals surface area contributed by atoms with Crippen LogP contribution in [0, 0.1) is 29.1 Å². The van der Waals surface area contributed by atoms with Crippen LogP contribution in [0.15, 0.2) is 35.5 Å². The van der Waals surface area contributed by atoms with Gasteiger partial charge in [0.1, 0.15) is 0 Å². The minimum absolute atomic E-state index is 0.0122. The molecule has 0 bridgehead atoms. The number of rotatable bonds is 6. The van der Waals surface area contributed by atoms with Crippen molar-refractivity contribution in [2.24, 2.45) is 29.1 Å². The molecular weight excluding hydrogens is 340 g/mol. The van der Waals surface area contributed by atoms with E-state index >= 15 is 0 Å². The van der Waals surface area contributed by atoms with E-state index in [1.165, 1.54) is 30.4 Å². The fraction of sp³-hybridized carbons (Fsp3) is 0.778. The van der Waals surface area contributed by atoms with Crippen LogP contribution in [0.1, 0.15) is 101 Å². The maximum absolute atomic E-state index is 10.0. The van der Waals surface area contributed by atoms with Gasteiger partial charge in [0, 0.05) is 2.74 Å². The molecular formula is C27H44O. The minimum atomic E-state index is -0.249. The highest BCUT2D eigenvalue weighted by atomic mass is 16.3. The highest BCUT2D eigenvalue weighted by Gasteiger charge is 2.50. The third-order valence-corrected chi connectivity index (χ3v) is 7.84. The van der Waals surface area contributed by atoms with Gasteiger partial charge in [-0.05, 0) is 86.0 Å². The van der Waals surface area contributed by atoms with Crippen molar-refractivity contribution in [3.8, 4) is 0 Å². The van der Waals surface area contributed by atoms with Crippen molar-refractivity contribution < 1.29 is 7.85 Å². The quantitative estimate of drug-likeness (QED) is 0.497. The molecule has 0 spiro atoms. The molecule has 0 saturated heterocycles. The van der Waals surface area contributed by atoms with Gasteiger partial charge in [-0.2, -0.15) is 0 Å². The van der Waals surface area contributed by atoms with Crippen LogP contribution in [0.4, 0.5) is 0 Å². The van der Waals surface area contributed by atoms with Crippen molar-refractivity contribution in [2.75, 3.05) is 0 Å². The molecule has 0 amide bonds. The van der Waals surface area contributed by atoms with Crippen LogP contribution in [0.5, 0.6) is 0 Å². The Morgan fingerprint density at radius 3 is 2.82 bits per heavy atom. The third kappa shape index (κ3) is 4.84. The van der Waals surface area contributed by atoms with Gasteiger partial charge in [0.2, 0.25) is 0 Å². The molecule has 28 heavy (non-hydrogen) atoms. The number of fused-ring (bicyclic) bond motifs is 1. The SMILES string of the molecule is [2H]C1C[C@H]2/C(=C/C=C3\C[C@@H](O)CCC3=C)CC([3H])C[C@]2(C)[C@H]1[C@H](C)CCCC(C)C. The zero-order valence-corrected chi connectivity index (χ0v) is 18.7. The van der Waals surface area contributed by atoms with Crippen molar-refractivity contribution in [3.05, 3.63) is 35.5 Å². The van der Waals surface area contributed by atoms with Crippen LogP contribution in [-0.2, 0) is 0 Å². The van der Waals surface area contributed by atoms with Crippen LogP contribution < -0.4 is 0 Å². The molecule has 0 aliphatic heterocycles. The molecule has 1 N–H and O–H groups in total. The third-order valence-electron chi connectivity index (χ3n) is 7.84. The summed E-state index contributed by atoms with van der Waals surface area (Å²) in [4.78, 5) is 0. The van der Waals surface area contributed by atoms with Crippen LogP contribution >= 0.6 is 0 Å². The standard InChI is InChI=1S/C27H44O/c1-19(2)8-6-9-21(4)25-15-16-26-22(10-7-17-27(25,26)5)12-13-23-18-24(28)14-11-20(23)3/h12-13,19,21,24-26,28H,3,6-11,14-18H2,1-2,4-5H3/b22-12+,23-13+/t21-,24+,25-,26+,27-/m1/s1/i7T,15D/t7?,15?,21-,24+,25-,26+,27-. The largest absolute Gasteiger partial charge is 0.393 e. The van der Waals surface area contributed by atoms with Gasteiger partial charge in [-0.1, -0.05) is 76.8 Å². The first kappa shape index (κ1) is 19.2. The van der Waals surface area contributed by atoms with Gasteiger partial charge in [0.05, 0.1) is 6.10 Å². The first-order valence-corrected chi connectivity index (χ1v) is 11.7. The first-order valence-electron chi connectivity index (χ1n) is 12.9. The fourth-order valence-electron chi connectivity index (χ4n) is 6.09. The van der Waals surface area contributed by atoms with Crippen molar-refractivity contribution in [1.82, 2.24) is 0 Å². The summed E-state index contributed by atoms with van der Waals surface area (Å²) in [5.74, 6) is 2.13.